The topological polar surface area (TPSA) is 46.5 Å². The summed E-state index contributed by atoms with van der Waals surface area (Å²) in [4.78, 5) is 10.3. The molecule has 0 aliphatic carbocycles. The van der Waals surface area contributed by atoms with Crippen LogP contribution in [0, 0.1) is 12.5 Å². The van der Waals surface area contributed by atoms with Crippen LogP contribution in [0.4, 0.5) is 0 Å². The first-order valence-electron chi connectivity index (χ1n) is 4.15. The van der Waals surface area contributed by atoms with Crippen molar-refractivity contribution in [1.29, 1.82) is 0 Å². The Balaban J connectivity index is 2.56. The Morgan fingerprint density at radius 3 is 2.57 bits per heavy atom. The number of hydrogen-bond donors (Lipinski definition) is 1. The van der Waals surface area contributed by atoms with Crippen LogP contribution in [0.2, 0.25) is 0 Å². The van der Waals surface area contributed by atoms with Gasteiger partial charge in [-0.1, -0.05) is 18.6 Å². The maximum absolute atomic E-state index is 10.3. The minimum absolute atomic E-state index is 0.134. The molecule has 0 saturated carbocycles. The number of aliphatic carboxylic acids is 1. The molecule has 0 aromatic heterocycles. The lowest BCUT2D eigenvalue weighted by Gasteiger charge is -2.00. The third-order valence-electron chi connectivity index (χ3n) is 1.73. The fourth-order valence-electron chi connectivity index (χ4n) is 1.04. The standard InChI is InChI=1S/C11H10O3/c1-2-14-10-6-3-9(4-7-10)5-8-11(12)13/h1,3-4,6-7H,5,8H2,(H,12,13). The summed E-state index contributed by atoms with van der Waals surface area (Å²) >= 11 is 0. The average molecular weight is 190 g/mol. The number of terminal acetylenes is 1. The summed E-state index contributed by atoms with van der Waals surface area (Å²) in [6.07, 6.45) is 7.66. The molecule has 0 radical (unpaired) electrons. The minimum atomic E-state index is -0.797. The molecule has 1 aromatic carbocycles. The second-order valence-corrected chi connectivity index (χ2v) is 2.76. The lowest BCUT2D eigenvalue weighted by Crippen LogP contribution is -1.97. The van der Waals surface area contributed by atoms with Gasteiger partial charge in [0.05, 0.1) is 0 Å². The van der Waals surface area contributed by atoms with E-state index in [0.29, 0.717) is 12.2 Å². The number of hydrogen-bond acceptors (Lipinski definition) is 2. The van der Waals surface area contributed by atoms with Crippen LogP contribution in [-0.2, 0) is 11.2 Å². The van der Waals surface area contributed by atoms with Gasteiger partial charge in [-0.3, -0.25) is 4.79 Å². The number of carboxylic acids is 1. The summed E-state index contributed by atoms with van der Waals surface area (Å²) in [7, 11) is 0. The minimum Gasteiger partial charge on any atom is -0.481 e. The Morgan fingerprint density at radius 2 is 2.07 bits per heavy atom. The zero-order chi connectivity index (χ0) is 10.4. The van der Waals surface area contributed by atoms with Crippen LogP contribution >= 0.6 is 0 Å². The zero-order valence-electron chi connectivity index (χ0n) is 7.56. The summed E-state index contributed by atoms with van der Waals surface area (Å²) in [6.45, 7) is 0. The third-order valence-corrected chi connectivity index (χ3v) is 1.73. The number of carbonyl (C=O) groups is 1. The van der Waals surface area contributed by atoms with Gasteiger partial charge in [0.2, 0.25) is 0 Å². The summed E-state index contributed by atoms with van der Waals surface area (Å²) in [6, 6.07) is 7.04. The van der Waals surface area contributed by atoms with Crippen molar-refractivity contribution < 1.29 is 14.6 Å². The van der Waals surface area contributed by atoms with Gasteiger partial charge in [-0.25, -0.2) is 0 Å². The van der Waals surface area contributed by atoms with Gasteiger partial charge < -0.3 is 9.84 Å². The summed E-state index contributed by atoms with van der Waals surface area (Å²) in [5, 5.41) is 8.46. The molecule has 0 aliphatic heterocycles. The van der Waals surface area contributed by atoms with Crippen LogP contribution in [0.25, 0.3) is 0 Å². The molecule has 3 nitrogen and oxygen atoms in total. The molecule has 3 heteroatoms. The quantitative estimate of drug-likeness (QED) is 0.734. The molecule has 0 aliphatic rings. The summed E-state index contributed by atoms with van der Waals surface area (Å²) < 4.78 is 4.80. The highest BCUT2D eigenvalue weighted by Gasteiger charge is 1.99. The highest BCUT2D eigenvalue weighted by atomic mass is 16.5. The van der Waals surface area contributed by atoms with E-state index >= 15 is 0 Å². The second-order valence-electron chi connectivity index (χ2n) is 2.76. The van der Waals surface area contributed by atoms with Crippen molar-refractivity contribution in [2.24, 2.45) is 0 Å². The van der Waals surface area contributed by atoms with E-state index < -0.39 is 5.97 Å². The van der Waals surface area contributed by atoms with Crippen molar-refractivity contribution in [2.75, 3.05) is 0 Å². The molecule has 1 rings (SSSR count). The van der Waals surface area contributed by atoms with E-state index in [1.165, 1.54) is 0 Å². The number of rotatable bonds is 4. The van der Waals surface area contributed by atoms with E-state index in [-0.39, 0.29) is 6.42 Å². The predicted molar refractivity (Wildman–Crippen MR) is 51.9 cm³/mol. The zero-order valence-corrected chi connectivity index (χ0v) is 7.56. The first-order chi connectivity index (χ1) is 6.72. The van der Waals surface area contributed by atoms with Crippen molar-refractivity contribution in [2.45, 2.75) is 12.8 Å². The first kappa shape index (κ1) is 10.1. The van der Waals surface area contributed by atoms with Crippen LogP contribution in [0.5, 0.6) is 5.75 Å². The molecule has 1 N–H and O–H groups in total. The van der Waals surface area contributed by atoms with Gasteiger partial charge >= 0.3 is 5.97 Å². The van der Waals surface area contributed by atoms with Crippen molar-refractivity contribution in [3.05, 3.63) is 29.8 Å². The van der Waals surface area contributed by atoms with Crippen molar-refractivity contribution in [1.82, 2.24) is 0 Å². The van der Waals surface area contributed by atoms with Crippen molar-refractivity contribution in [3.8, 4) is 18.3 Å². The van der Waals surface area contributed by atoms with E-state index in [1.807, 2.05) is 0 Å². The average Bonchev–Trinajstić information content (AvgIpc) is 2.17. The van der Waals surface area contributed by atoms with Gasteiger partial charge in [-0.2, -0.15) is 0 Å². The summed E-state index contributed by atoms with van der Waals surface area (Å²) in [5.41, 5.74) is 0.955. The van der Waals surface area contributed by atoms with E-state index in [4.69, 9.17) is 16.3 Å². The third kappa shape index (κ3) is 3.20. The largest absolute Gasteiger partial charge is 0.481 e. The fourth-order valence-corrected chi connectivity index (χ4v) is 1.04. The molecule has 0 amide bonds. The Labute approximate surface area is 82.3 Å². The Morgan fingerprint density at radius 1 is 1.43 bits per heavy atom. The molecule has 14 heavy (non-hydrogen) atoms. The van der Waals surface area contributed by atoms with E-state index in [9.17, 15) is 4.79 Å². The number of benzene rings is 1. The lowest BCUT2D eigenvalue weighted by atomic mass is 10.1. The molecule has 0 saturated heterocycles. The van der Waals surface area contributed by atoms with E-state index in [0.717, 1.165) is 5.56 Å². The Hall–Kier alpha value is -1.95. The monoisotopic (exact) mass is 190 g/mol. The molecule has 0 bridgehead atoms. The van der Waals surface area contributed by atoms with Crippen LogP contribution in [0.1, 0.15) is 12.0 Å². The Bertz CT molecular complexity index is 346. The summed E-state index contributed by atoms with van der Waals surface area (Å²) in [5.74, 6) is -0.208. The molecule has 72 valence electrons. The highest BCUT2D eigenvalue weighted by molar-refractivity contribution is 5.67. The SMILES string of the molecule is C#COc1ccc(CCC(=O)O)cc1. The molecule has 1 aromatic rings. The van der Waals surface area contributed by atoms with E-state index in [2.05, 4.69) is 6.11 Å². The van der Waals surface area contributed by atoms with Gasteiger partial charge in [0, 0.05) is 6.42 Å². The molecule has 0 spiro atoms. The van der Waals surface area contributed by atoms with Crippen LogP contribution in [0.3, 0.4) is 0 Å². The van der Waals surface area contributed by atoms with E-state index in [1.54, 1.807) is 24.3 Å². The van der Waals surface area contributed by atoms with Crippen LogP contribution in [-0.4, -0.2) is 11.1 Å². The smallest absolute Gasteiger partial charge is 0.303 e. The van der Waals surface area contributed by atoms with Crippen LogP contribution < -0.4 is 4.74 Å². The van der Waals surface area contributed by atoms with Crippen LogP contribution in [0.15, 0.2) is 24.3 Å². The molecular weight excluding hydrogens is 180 g/mol. The van der Waals surface area contributed by atoms with Gasteiger partial charge in [-0.05, 0) is 24.1 Å². The van der Waals surface area contributed by atoms with Gasteiger partial charge in [-0.15, -0.1) is 0 Å². The highest BCUT2D eigenvalue weighted by Crippen LogP contribution is 2.12. The maximum atomic E-state index is 10.3. The number of carboxylic acid groups (broad SMARTS) is 1. The number of ether oxygens (including phenoxy) is 1. The Kier molecular flexibility index (Phi) is 3.57. The molecule has 0 atom stereocenters. The van der Waals surface area contributed by atoms with Gasteiger partial charge in [0.1, 0.15) is 11.9 Å². The number of aryl methyl sites for hydroxylation is 1. The first-order valence-corrected chi connectivity index (χ1v) is 4.15. The predicted octanol–water partition coefficient (Wildman–Crippen LogP) is 1.67. The second kappa shape index (κ2) is 4.93. The fraction of sp³-hybridized carbons (Fsp3) is 0.182. The van der Waals surface area contributed by atoms with Gasteiger partial charge in [0.15, 0.2) is 0 Å². The maximum Gasteiger partial charge on any atom is 0.303 e. The van der Waals surface area contributed by atoms with Crippen molar-refractivity contribution >= 4 is 5.97 Å². The molecular formula is C11H10O3. The normalized spacial score (nSPS) is 9.07. The lowest BCUT2D eigenvalue weighted by molar-refractivity contribution is -0.136. The molecule has 0 fully saturated rings. The molecule has 0 heterocycles. The van der Waals surface area contributed by atoms with Crippen molar-refractivity contribution in [3.63, 3.8) is 0 Å². The molecule has 0 unspecified atom stereocenters. The van der Waals surface area contributed by atoms with Gasteiger partial charge in [0.25, 0.3) is 0 Å².